The van der Waals surface area contributed by atoms with Crippen LogP contribution >= 0.6 is 0 Å². The Hall–Kier alpha value is -2.77. The summed E-state index contributed by atoms with van der Waals surface area (Å²) in [5, 5.41) is 5.05. The number of hydrogen-bond donors (Lipinski definition) is 2. The molecule has 2 aliphatic rings. The van der Waals surface area contributed by atoms with Gasteiger partial charge in [0.2, 0.25) is 5.91 Å². The van der Waals surface area contributed by atoms with Crippen molar-refractivity contribution in [3.8, 4) is 0 Å². The van der Waals surface area contributed by atoms with Crippen LogP contribution in [0, 0.1) is 0 Å². The van der Waals surface area contributed by atoms with Crippen LogP contribution in [0.25, 0.3) is 0 Å². The zero-order valence-electron chi connectivity index (χ0n) is 13.4. The zero-order chi connectivity index (χ0) is 17.2. The molecule has 0 aromatic heterocycles. The summed E-state index contributed by atoms with van der Waals surface area (Å²) in [4.78, 5) is 39.2. The predicted octanol–water partition coefficient (Wildman–Crippen LogP) is 0.891. The number of methoxy groups -OCH3 is 1. The minimum Gasteiger partial charge on any atom is -0.453 e. The monoisotopic (exact) mass is 332 g/mol. The summed E-state index contributed by atoms with van der Waals surface area (Å²) < 4.78 is 4.43. The summed E-state index contributed by atoms with van der Waals surface area (Å²) >= 11 is 0. The predicted molar refractivity (Wildman–Crippen MR) is 86.4 cm³/mol. The van der Waals surface area contributed by atoms with Crippen LogP contribution in [0.15, 0.2) is 30.3 Å². The minimum atomic E-state index is -0.787. The highest BCUT2D eigenvalue weighted by Gasteiger charge is 2.50. The van der Waals surface area contributed by atoms with E-state index in [1.54, 1.807) is 0 Å². The van der Waals surface area contributed by atoms with Crippen LogP contribution in [-0.4, -0.2) is 55.3 Å². The van der Waals surface area contributed by atoms with E-state index in [-0.39, 0.29) is 5.91 Å². The molecule has 8 nitrogen and oxygen atoms in total. The number of anilines is 1. The number of likely N-dealkylation sites (tertiary alicyclic amines) is 1. The summed E-state index contributed by atoms with van der Waals surface area (Å²) in [5.74, 6) is -0.0145. The maximum absolute atomic E-state index is 12.5. The normalized spacial score (nSPS) is 19.1. The van der Waals surface area contributed by atoms with Gasteiger partial charge in [0, 0.05) is 18.8 Å². The molecular weight excluding hydrogens is 312 g/mol. The van der Waals surface area contributed by atoms with Crippen molar-refractivity contribution in [3.63, 3.8) is 0 Å². The highest BCUT2D eigenvalue weighted by Crippen LogP contribution is 2.36. The summed E-state index contributed by atoms with van der Waals surface area (Å²) in [6.45, 7) is 1.23. The third-order valence-corrected chi connectivity index (χ3v) is 4.68. The van der Waals surface area contributed by atoms with Crippen LogP contribution in [-0.2, 0) is 9.53 Å². The summed E-state index contributed by atoms with van der Waals surface area (Å²) in [6.07, 6.45) is 0.217. The molecule has 1 aromatic rings. The lowest BCUT2D eigenvalue weighted by Crippen LogP contribution is -2.58. The average Bonchev–Trinajstić information content (AvgIpc) is 2.92. The van der Waals surface area contributed by atoms with Crippen molar-refractivity contribution in [3.05, 3.63) is 30.3 Å². The Labute approximate surface area is 139 Å². The molecule has 24 heavy (non-hydrogen) atoms. The molecule has 3 rings (SSSR count). The van der Waals surface area contributed by atoms with Crippen LogP contribution < -0.4 is 15.5 Å². The Balaban J connectivity index is 1.72. The third-order valence-electron chi connectivity index (χ3n) is 4.68. The van der Waals surface area contributed by atoms with Gasteiger partial charge in [0.05, 0.1) is 13.8 Å². The molecule has 4 amide bonds. The standard InChI is InChI=1S/C16H20N4O4/c1-24-15(23)18-14(22)19-9-7-16(8-10-19)13(21)17-11-20(16)12-5-3-2-4-6-12/h2-6H,7-11H2,1H3,(H,17,21)(H,18,22,23). The number of para-hydroxylation sites is 1. The second-order valence-electron chi connectivity index (χ2n) is 5.87. The first-order chi connectivity index (χ1) is 11.6. The van der Waals surface area contributed by atoms with E-state index < -0.39 is 17.7 Å². The van der Waals surface area contributed by atoms with E-state index in [1.165, 1.54) is 12.0 Å². The molecule has 0 radical (unpaired) electrons. The number of rotatable bonds is 1. The number of carbonyl (C=O) groups is 3. The van der Waals surface area contributed by atoms with Crippen molar-refractivity contribution >= 4 is 23.7 Å². The number of hydrogen-bond acceptors (Lipinski definition) is 5. The molecule has 2 N–H and O–H groups in total. The summed E-state index contributed by atoms with van der Waals surface area (Å²) in [6, 6.07) is 9.24. The Kier molecular flexibility index (Phi) is 4.28. The molecule has 2 heterocycles. The SMILES string of the molecule is COC(=O)NC(=O)N1CCC2(CC1)C(=O)NCN2c1ccccc1. The van der Waals surface area contributed by atoms with Gasteiger partial charge in [-0.3, -0.25) is 4.79 Å². The number of nitrogens with zero attached hydrogens (tertiary/aromatic N) is 2. The highest BCUT2D eigenvalue weighted by atomic mass is 16.5. The fraction of sp³-hybridized carbons (Fsp3) is 0.438. The van der Waals surface area contributed by atoms with E-state index in [0.29, 0.717) is 32.6 Å². The fourth-order valence-electron chi connectivity index (χ4n) is 3.33. The smallest absolute Gasteiger partial charge is 0.415 e. The van der Waals surface area contributed by atoms with E-state index in [4.69, 9.17) is 0 Å². The van der Waals surface area contributed by atoms with Crippen LogP contribution in [0.1, 0.15) is 12.8 Å². The first-order valence-corrected chi connectivity index (χ1v) is 7.82. The Bertz CT molecular complexity index is 641. The van der Waals surface area contributed by atoms with Gasteiger partial charge in [-0.1, -0.05) is 18.2 Å². The highest BCUT2D eigenvalue weighted by molar-refractivity contribution is 5.94. The largest absolute Gasteiger partial charge is 0.453 e. The number of nitrogens with one attached hydrogen (secondary N) is 2. The first kappa shape index (κ1) is 16.1. The molecule has 0 aliphatic carbocycles. The maximum atomic E-state index is 12.5. The maximum Gasteiger partial charge on any atom is 0.415 e. The lowest BCUT2D eigenvalue weighted by Gasteiger charge is -2.43. The number of imide groups is 1. The van der Waals surface area contributed by atoms with Gasteiger partial charge >= 0.3 is 12.1 Å². The van der Waals surface area contributed by atoms with Crippen molar-refractivity contribution in [2.24, 2.45) is 0 Å². The van der Waals surface area contributed by atoms with Gasteiger partial charge in [-0.2, -0.15) is 0 Å². The molecule has 0 unspecified atom stereocenters. The molecule has 0 saturated carbocycles. The second-order valence-corrected chi connectivity index (χ2v) is 5.87. The van der Waals surface area contributed by atoms with E-state index in [0.717, 1.165) is 5.69 Å². The minimum absolute atomic E-state index is 0.0145. The first-order valence-electron chi connectivity index (χ1n) is 7.82. The lowest BCUT2D eigenvalue weighted by atomic mass is 9.86. The number of alkyl carbamates (subject to hydrolysis) is 1. The number of benzene rings is 1. The number of ether oxygens (including phenoxy) is 1. The van der Waals surface area contributed by atoms with Gasteiger partial charge in [0.1, 0.15) is 5.54 Å². The van der Waals surface area contributed by atoms with Gasteiger partial charge in [-0.15, -0.1) is 0 Å². The second kappa shape index (κ2) is 6.38. The molecule has 128 valence electrons. The summed E-state index contributed by atoms with van der Waals surface area (Å²) in [5.41, 5.74) is 0.326. The van der Waals surface area contributed by atoms with Gasteiger partial charge in [-0.25, -0.2) is 14.9 Å². The number of amides is 4. The molecule has 2 saturated heterocycles. The van der Waals surface area contributed by atoms with Crippen LogP contribution in [0.3, 0.4) is 0 Å². The van der Waals surface area contributed by atoms with E-state index in [1.807, 2.05) is 30.3 Å². The molecule has 1 aromatic carbocycles. The van der Waals surface area contributed by atoms with Crippen LogP contribution in [0.5, 0.6) is 0 Å². The molecule has 0 bridgehead atoms. The molecule has 2 aliphatic heterocycles. The summed E-state index contributed by atoms with van der Waals surface area (Å²) in [7, 11) is 1.20. The van der Waals surface area contributed by atoms with Crippen LogP contribution in [0.2, 0.25) is 0 Å². The van der Waals surface area contributed by atoms with Crippen molar-refractivity contribution < 1.29 is 19.1 Å². The number of piperidine rings is 1. The molecule has 1 spiro atoms. The van der Waals surface area contributed by atoms with Crippen molar-refractivity contribution in [1.82, 2.24) is 15.5 Å². The molecule has 8 heteroatoms. The third kappa shape index (κ3) is 2.75. The Morgan fingerprint density at radius 3 is 2.50 bits per heavy atom. The number of carbonyl (C=O) groups excluding carboxylic acids is 3. The van der Waals surface area contributed by atoms with Crippen molar-refractivity contribution in [2.75, 3.05) is 31.8 Å². The van der Waals surface area contributed by atoms with E-state index in [9.17, 15) is 14.4 Å². The lowest BCUT2D eigenvalue weighted by molar-refractivity contribution is -0.124. The van der Waals surface area contributed by atoms with Gasteiger partial charge < -0.3 is 19.9 Å². The molecule has 2 fully saturated rings. The topological polar surface area (TPSA) is 91.0 Å². The van der Waals surface area contributed by atoms with Gasteiger partial charge in [-0.05, 0) is 25.0 Å². The van der Waals surface area contributed by atoms with Gasteiger partial charge in [0.25, 0.3) is 0 Å². The quantitative estimate of drug-likeness (QED) is 0.797. The van der Waals surface area contributed by atoms with E-state index in [2.05, 4.69) is 20.3 Å². The number of urea groups is 1. The van der Waals surface area contributed by atoms with Crippen molar-refractivity contribution in [2.45, 2.75) is 18.4 Å². The molecular formula is C16H20N4O4. The molecule has 0 atom stereocenters. The van der Waals surface area contributed by atoms with Crippen LogP contribution in [0.4, 0.5) is 15.3 Å². The average molecular weight is 332 g/mol. The Morgan fingerprint density at radius 1 is 1.21 bits per heavy atom. The van der Waals surface area contributed by atoms with Gasteiger partial charge in [0.15, 0.2) is 0 Å². The van der Waals surface area contributed by atoms with E-state index >= 15 is 0 Å². The Morgan fingerprint density at radius 2 is 1.88 bits per heavy atom. The zero-order valence-corrected chi connectivity index (χ0v) is 13.4. The fourth-order valence-corrected chi connectivity index (χ4v) is 3.33. The van der Waals surface area contributed by atoms with Crippen molar-refractivity contribution in [1.29, 1.82) is 0 Å².